The molecule has 0 bridgehead atoms. The first-order chi connectivity index (χ1) is 23.9. The lowest BCUT2D eigenvalue weighted by molar-refractivity contribution is 0.924. The number of allylic oxidation sites excluding steroid dienone is 16. The van der Waals surface area contributed by atoms with E-state index < -0.39 is 24.2 Å². The fourth-order valence-corrected chi connectivity index (χ4v) is 21.9. The van der Waals surface area contributed by atoms with E-state index in [1.54, 1.807) is 11.1 Å². The lowest BCUT2D eigenvalue weighted by Gasteiger charge is -2.41. The molecule has 0 N–H and O–H groups in total. The van der Waals surface area contributed by atoms with Gasteiger partial charge in [0.05, 0.1) is 24.2 Å². The first-order valence-corrected chi connectivity index (χ1v) is 30.1. The predicted octanol–water partition coefficient (Wildman–Crippen LogP) is 14.3. The Bertz CT molecular complexity index is 1830. The fourth-order valence-electron chi connectivity index (χ4n) is 9.36. The smallest absolute Gasteiger partial charge is 0.0815 e. The molecule has 0 amide bonds. The van der Waals surface area contributed by atoms with Crippen molar-refractivity contribution in [2.45, 2.75) is 102 Å². The molecule has 268 valence electrons. The Morgan fingerprint density at radius 2 is 0.824 bits per heavy atom. The zero-order valence-electron chi connectivity index (χ0n) is 31.8. The highest BCUT2D eigenvalue weighted by molar-refractivity contribution is 6.92. The minimum Gasteiger partial charge on any atom is -0.0844 e. The summed E-state index contributed by atoms with van der Waals surface area (Å²) in [7, 11) is -5.57. The van der Waals surface area contributed by atoms with E-state index in [1.807, 2.05) is 0 Å². The summed E-state index contributed by atoms with van der Waals surface area (Å²) >= 11 is 28.1. The summed E-state index contributed by atoms with van der Waals surface area (Å²) in [6.07, 6.45) is 25.5. The van der Waals surface area contributed by atoms with Crippen LogP contribution in [0.2, 0.25) is 83.5 Å². The lowest BCUT2D eigenvalue weighted by atomic mass is 9.89. The Hall–Kier alpha value is -1.83. The third kappa shape index (κ3) is 7.11. The van der Waals surface area contributed by atoms with Gasteiger partial charge >= 0.3 is 0 Å². The van der Waals surface area contributed by atoms with Gasteiger partial charge in [0.2, 0.25) is 0 Å². The second-order valence-electron chi connectivity index (χ2n) is 17.3. The molecule has 6 rings (SSSR count). The van der Waals surface area contributed by atoms with Crippen LogP contribution in [-0.2, 0) is 0 Å². The minimum absolute atomic E-state index is 0.0940. The van der Waals surface area contributed by atoms with E-state index >= 15 is 0 Å². The first-order valence-electron chi connectivity index (χ1n) is 18.5. The highest BCUT2D eigenvalue weighted by atomic mass is 35.5. The van der Waals surface area contributed by atoms with Crippen LogP contribution in [0.5, 0.6) is 0 Å². The first kappa shape index (κ1) is 38.9. The van der Waals surface area contributed by atoms with Gasteiger partial charge in [-0.2, -0.15) is 0 Å². The molecule has 0 spiro atoms. The zero-order chi connectivity index (χ0) is 37.2. The summed E-state index contributed by atoms with van der Waals surface area (Å²) in [5.74, 6) is 0.188. The zero-order valence-corrected chi connectivity index (χ0v) is 37.8. The molecule has 4 unspecified atom stereocenters. The van der Waals surface area contributed by atoms with Crippen molar-refractivity contribution in [2.24, 2.45) is 0 Å². The highest BCUT2D eigenvalue weighted by Crippen LogP contribution is 2.59. The maximum absolute atomic E-state index is 7.03. The van der Waals surface area contributed by atoms with Crippen molar-refractivity contribution in [3.05, 3.63) is 150 Å². The van der Waals surface area contributed by atoms with Crippen LogP contribution in [0.25, 0.3) is 0 Å². The van der Waals surface area contributed by atoms with Gasteiger partial charge in [0.25, 0.3) is 0 Å². The minimum atomic E-state index is -2.14. The molecule has 0 fully saturated rings. The van der Waals surface area contributed by atoms with Crippen LogP contribution in [0.4, 0.5) is 0 Å². The van der Waals surface area contributed by atoms with Crippen molar-refractivity contribution in [2.75, 3.05) is 0 Å². The Kier molecular flexibility index (Phi) is 11.0. The second-order valence-corrected chi connectivity index (χ2v) is 33.7. The Morgan fingerprint density at radius 3 is 1.12 bits per heavy atom. The van der Waals surface area contributed by atoms with Crippen molar-refractivity contribution in [1.82, 2.24) is 0 Å². The van der Waals surface area contributed by atoms with Crippen molar-refractivity contribution in [3.8, 4) is 0 Å². The second kappa shape index (κ2) is 14.4. The molecule has 0 radical (unpaired) electrons. The molecule has 0 aromatic heterocycles. The Labute approximate surface area is 330 Å². The van der Waals surface area contributed by atoms with Gasteiger partial charge in [-0.05, 0) is 80.9 Å². The van der Waals surface area contributed by atoms with Crippen molar-refractivity contribution < 1.29 is 0 Å². The Balaban J connectivity index is 1.46. The predicted molar refractivity (Wildman–Crippen MR) is 237 cm³/mol. The molecule has 0 saturated heterocycles. The summed E-state index contributed by atoms with van der Waals surface area (Å²) in [5.41, 5.74) is 11.9. The quantitative estimate of drug-likeness (QED) is 0.233. The maximum atomic E-state index is 7.03. The van der Waals surface area contributed by atoms with Gasteiger partial charge in [0.1, 0.15) is 0 Å². The molecule has 0 saturated carbocycles. The number of benzene rings is 2. The van der Waals surface area contributed by atoms with E-state index in [9.17, 15) is 0 Å². The Morgan fingerprint density at radius 1 is 0.490 bits per heavy atom. The summed E-state index contributed by atoms with van der Waals surface area (Å²) in [6, 6.07) is 8.74. The van der Waals surface area contributed by atoms with Gasteiger partial charge in [0.15, 0.2) is 0 Å². The molecule has 4 aliphatic carbocycles. The average Bonchev–Trinajstić information content (AvgIpc) is 3.42. The maximum Gasteiger partial charge on any atom is 0.0815 e. The normalized spacial score (nSPS) is 23.4. The number of rotatable bonds is 8. The van der Waals surface area contributed by atoms with Gasteiger partial charge < -0.3 is 0 Å². The molecule has 0 nitrogen and oxygen atoms in total. The van der Waals surface area contributed by atoms with E-state index in [0.717, 1.165) is 43.3 Å². The third-order valence-corrected chi connectivity index (χ3v) is 21.7. The summed E-state index contributed by atoms with van der Waals surface area (Å²) in [6.45, 7) is 23.8. The number of hydrogen-bond donors (Lipinski definition) is 0. The van der Waals surface area contributed by atoms with Crippen LogP contribution in [0, 0.1) is 0 Å². The topological polar surface area (TPSA) is 0 Å². The van der Waals surface area contributed by atoms with Crippen LogP contribution in [0.15, 0.2) is 118 Å². The van der Waals surface area contributed by atoms with Crippen molar-refractivity contribution in [1.29, 1.82) is 0 Å². The van der Waals surface area contributed by atoms with Crippen molar-refractivity contribution in [3.63, 3.8) is 0 Å². The van der Waals surface area contributed by atoms with Gasteiger partial charge in [-0.15, -0.1) is 0 Å². The third-order valence-electron chi connectivity index (χ3n) is 11.4. The van der Waals surface area contributed by atoms with E-state index in [1.165, 1.54) is 33.4 Å². The summed E-state index contributed by atoms with van der Waals surface area (Å²) in [5, 5.41) is 5.50. The lowest BCUT2D eigenvalue weighted by Crippen LogP contribution is -2.40. The van der Waals surface area contributed by atoms with Crippen LogP contribution in [0.3, 0.4) is 0 Å². The molecule has 51 heavy (non-hydrogen) atoms. The van der Waals surface area contributed by atoms with Crippen LogP contribution in [-0.4, -0.2) is 24.2 Å². The molecule has 4 atom stereocenters. The number of hydrogen-bond acceptors (Lipinski definition) is 0. The molecule has 0 heterocycles. The van der Waals surface area contributed by atoms with Gasteiger partial charge in [0, 0.05) is 43.0 Å². The molecule has 2 aromatic carbocycles. The van der Waals surface area contributed by atoms with Crippen LogP contribution < -0.4 is 10.4 Å². The van der Waals surface area contributed by atoms with Crippen molar-refractivity contribution >= 4 is 81.0 Å². The van der Waals surface area contributed by atoms with E-state index in [-0.39, 0.29) is 11.8 Å². The van der Waals surface area contributed by atoms with Gasteiger partial charge in [-0.1, -0.05) is 185 Å². The van der Waals surface area contributed by atoms with Crippen LogP contribution in [0.1, 0.15) is 49.7 Å². The standard InChI is InChI=1S/C44H52Cl4Si3/c1-11-27-21-35-31(29-23-37(45)43(38(46)24-29)49(3,4)5)17-13-15-19-33(35)41(27)51(9,10)42-28(12-2)22-36-32(18-14-16-20-34(36)42)30-25-39(47)44(40(48)26-30)50(6,7)8/h13-26,31-32,41-42H,11-12H2,1-10H3. The van der Waals surface area contributed by atoms with E-state index in [0.29, 0.717) is 11.1 Å². The van der Waals surface area contributed by atoms with Gasteiger partial charge in [-0.25, -0.2) is 0 Å². The molecule has 7 heteroatoms. The van der Waals surface area contributed by atoms with Crippen LogP contribution >= 0.6 is 46.4 Å². The fraction of sp³-hybridized carbons (Fsp3) is 0.364. The molecule has 0 aliphatic heterocycles. The van der Waals surface area contributed by atoms with Gasteiger partial charge in [-0.3, -0.25) is 0 Å². The monoisotopic (exact) mass is 804 g/mol. The van der Waals surface area contributed by atoms with E-state index in [2.05, 4.69) is 151 Å². The molecule has 2 aromatic rings. The molecular formula is C44H52Cl4Si3. The summed E-state index contributed by atoms with van der Waals surface area (Å²) in [4.78, 5) is 0. The molecular weight excluding hydrogens is 755 g/mol. The number of halogens is 4. The largest absolute Gasteiger partial charge is 0.0844 e. The van der Waals surface area contributed by atoms with E-state index in [4.69, 9.17) is 46.4 Å². The highest BCUT2D eigenvalue weighted by Gasteiger charge is 2.49. The average molecular weight is 807 g/mol. The molecule has 4 aliphatic rings. The summed E-state index contributed by atoms with van der Waals surface area (Å²) < 4.78 is 0. The SMILES string of the molecule is CCC1=CC2=C(C=CC=CC2c2cc(Cl)c([Si](C)(C)C)c(Cl)c2)C1[Si](C)(C)C1C(CC)=CC2=C1C=CC=CC2c1cc(Cl)c([Si](C)(C)C)c(Cl)c1.